The third-order valence-corrected chi connectivity index (χ3v) is 10.3. The molecule has 0 atom stereocenters. The zero-order valence-corrected chi connectivity index (χ0v) is 30.1. The maximum absolute atomic E-state index is 5.00. The van der Waals surface area contributed by atoms with Crippen molar-refractivity contribution in [2.24, 2.45) is 0 Å². The molecule has 1 aromatic carbocycles. The number of benzene rings is 1. The summed E-state index contributed by atoms with van der Waals surface area (Å²) in [6.45, 7) is 3.85. The summed E-state index contributed by atoms with van der Waals surface area (Å²) in [7, 11) is 0. The average molecular weight is 652 g/mol. The lowest BCUT2D eigenvalue weighted by atomic mass is 9.99. The summed E-state index contributed by atoms with van der Waals surface area (Å²) in [4.78, 5) is 5.00. The molecule has 48 heavy (non-hydrogen) atoms. The van der Waals surface area contributed by atoms with Crippen molar-refractivity contribution in [3.05, 3.63) is 102 Å². The largest absolute Gasteiger partial charge is 0.250 e. The lowest BCUT2D eigenvalue weighted by Crippen LogP contribution is -2.34. The first kappa shape index (κ1) is 36.1. The van der Waals surface area contributed by atoms with Gasteiger partial charge in [0.05, 0.1) is 24.5 Å². The molecule has 8 bridgehead atoms. The molecule has 0 fully saturated rings. The third-order valence-electron chi connectivity index (χ3n) is 10.3. The van der Waals surface area contributed by atoms with Crippen LogP contribution in [-0.2, 0) is 39.0 Å². The number of rotatable bonds is 0. The van der Waals surface area contributed by atoms with E-state index in [9.17, 15) is 0 Å². The summed E-state index contributed by atoms with van der Waals surface area (Å²) in [5, 5.41) is 0. The lowest BCUT2D eigenvalue weighted by Gasteiger charge is -2.07. The first-order valence-corrected chi connectivity index (χ1v) is 19.9. The quantitative estimate of drug-likeness (QED) is 0.174. The van der Waals surface area contributed by atoms with Crippen molar-refractivity contribution in [2.45, 2.75) is 167 Å². The van der Waals surface area contributed by atoms with Gasteiger partial charge in [0.2, 0.25) is 12.7 Å². The highest BCUT2D eigenvalue weighted by Gasteiger charge is 2.10. The van der Waals surface area contributed by atoms with E-state index >= 15 is 0 Å². The minimum Gasteiger partial charge on any atom is -0.250 e. The predicted molar refractivity (Wildman–Crippen MR) is 198 cm³/mol. The molecule has 5 nitrogen and oxygen atoms in total. The van der Waals surface area contributed by atoms with Gasteiger partial charge in [0.1, 0.15) is 37.9 Å². The Bertz CT molecular complexity index is 1320. The van der Waals surface area contributed by atoms with Gasteiger partial charge in [0.15, 0.2) is 0 Å². The molecule has 0 N–H and O–H groups in total. The summed E-state index contributed by atoms with van der Waals surface area (Å²) in [5.41, 5.74) is 5.36. The molecule has 0 radical (unpaired) electrons. The van der Waals surface area contributed by atoms with E-state index in [0.717, 1.165) is 37.6 Å². The van der Waals surface area contributed by atoms with Gasteiger partial charge in [0, 0.05) is 0 Å². The van der Waals surface area contributed by atoms with Gasteiger partial charge in [-0.25, -0.2) is 23.3 Å². The molecule has 260 valence electrons. The standard InChI is InChI=1S/C43H65N5/c1-3-7-11-15-19-29-45-31-33-47(38-45)36-42-27-22-28-43(44-42)37-48-34-32-46(39-48)30-20-16-12-8-4-2-6-10-14-18-24-41-26-21-25-40(35-41)23-17-13-9-5-1/h21-22,25-28,31-35,38-39H,1-20,23-24,29-30,36-37H2/q+2. The number of imidazole rings is 2. The molecule has 4 aromatic rings. The summed E-state index contributed by atoms with van der Waals surface area (Å²) in [5.74, 6) is 0. The summed E-state index contributed by atoms with van der Waals surface area (Å²) in [6, 6.07) is 16.0. The van der Waals surface area contributed by atoms with E-state index in [-0.39, 0.29) is 0 Å². The van der Waals surface area contributed by atoms with Gasteiger partial charge in [-0.1, -0.05) is 120 Å². The van der Waals surface area contributed by atoms with Crippen LogP contribution >= 0.6 is 0 Å². The van der Waals surface area contributed by atoms with E-state index in [2.05, 4.69) is 98.2 Å². The first-order chi connectivity index (χ1) is 23.8. The fourth-order valence-electron chi connectivity index (χ4n) is 7.42. The molecule has 1 aliphatic rings. The van der Waals surface area contributed by atoms with Crippen LogP contribution in [0, 0.1) is 0 Å². The molecule has 0 aliphatic carbocycles. The van der Waals surface area contributed by atoms with Crippen LogP contribution in [0.5, 0.6) is 0 Å². The van der Waals surface area contributed by atoms with E-state index in [1.54, 1.807) is 11.1 Å². The van der Waals surface area contributed by atoms with Crippen LogP contribution in [0.1, 0.15) is 151 Å². The van der Waals surface area contributed by atoms with Crippen LogP contribution < -0.4 is 9.13 Å². The lowest BCUT2D eigenvalue weighted by molar-refractivity contribution is -0.689. The Hall–Kier alpha value is -3.21. The monoisotopic (exact) mass is 652 g/mol. The first-order valence-electron chi connectivity index (χ1n) is 19.9. The topological polar surface area (TPSA) is 30.5 Å². The Balaban J connectivity index is 1.05. The highest BCUT2D eigenvalue weighted by atomic mass is 15.1. The van der Waals surface area contributed by atoms with Crippen molar-refractivity contribution in [3.63, 3.8) is 0 Å². The Morgan fingerprint density at radius 2 is 0.812 bits per heavy atom. The van der Waals surface area contributed by atoms with Gasteiger partial charge < -0.3 is 0 Å². The summed E-state index contributed by atoms with van der Waals surface area (Å²) < 4.78 is 9.22. The Morgan fingerprint density at radius 1 is 0.438 bits per heavy atom. The molecular weight excluding hydrogens is 587 g/mol. The highest BCUT2D eigenvalue weighted by molar-refractivity contribution is 5.23. The molecule has 0 spiro atoms. The predicted octanol–water partition coefficient (Wildman–Crippen LogP) is 9.96. The van der Waals surface area contributed by atoms with Crippen molar-refractivity contribution in [3.8, 4) is 0 Å². The van der Waals surface area contributed by atoms with Crippen LogP contribution in [0.3, 0.4) is 0 Å². The number of nitrogens with zero attached hydrogens (tertiary/aromatic N) is 5. The number of fused-ring (bicyclic) bond motifs is 8. The van der Waals surface area contributed by atoms with Crippen LogP contribution in [-0.4, -0.2) is 14.1 Å². The molecule has 5 rings (SSSR count). The fraction of sp³-hybridized carbons (Fsp3) is 0.605. The van der Waals surface area contributed by atoms with Crippen molar-refractivity contribution >= 4 is 0 Å². The smallest absolute Gasteiger partial charge is 0.244 e. The Kier molecular flexibility index (Phi) is 16.3. The molecule has 4 heterocycles. The molecule has 3 aromatic heterocycles. The minimum atomic E-state index is 0.819. The second-order valence-corrected chi connectivity index (χ2v) is 14.7. The van der Waals surface area contributed by atoms with E-state index in [0.29, 0.717) is 0 Å². The van der Waals surface area contributed by atoms with Crippen LogP contribution in [0.2, 0.25) is 0 Å². The van der Waals surface area contributed by atoms with Crippen molar-refractivity contribution < 1.29 is 9.13 Å². The summed E-state index contributed by atoms with van der Waals surface area (Å²) in [6.07, 6.45) is 43.3. The fourth-order valence-corrected chi connectivity index (χ4v) is 7.42. The van der Waals surface area contributed by atoms with Crippen LogP contribution in [0.4, 0.5) is 0 Å². The Morgan fingerprint density at radius 3 is 1.25 bits per heavy atom. The summed E-state index contributed by atoms with van der Waals surface area (Å²) >= 11 is 0. The van der Waals surface area contributed by atoms with Gasteiger partial charge in [-0.3, -0.25) is 0 Å². The molecule has 0 saturated carbocycles. The number of hydrogen-bond acceptors (Lipinski definition) is 1. The molecule has 1 aliphatic heterocycles. The third kappa shape index (κ3) is 14.1. The molecule has 0 amide bonds. The van der Waals surface area contributed by atoms with Crippen LogP contribution in [0.15, 0.2) is 79.9 Å². The maximum Gasteiger partial charge on any atom is 0.244 e. The number of aromatic nitrogens is 5. The van der Waals surface area contributed by atoms with Gasteiger partial charge in [-0.2, -0.15) is 0 Å². The second kappa shape index (κ2) is 21.7. The number of hydrogen-bond donors (Lipinski definition) is 0. The van der Waals surface area contributed by atoms with Gasteiger partial charge in [0.25, 0.3) is 0 Å². The molecule has 0 unspecified atom stereocenters. The molecule has 5 heteroatoms. The normalized spacial score (nSPS) is 18.3. The zero-order valence-electron chi connectivity index (χ0n) is 30.1. The highest BCUT2D eigenvalue weighted by Crippen LogP contribution is 2.16. The number of pyridine rings is 1. The van der Waals surface area contributed by atoms with Gasteiger partial charge >= 0.3 is 0 Å². The average Bonchev–Trinajstić information content (AvgIpc) is 3.74. The Labute approximate surface area is 292 Å². The number of aryl methyl sites for hydroxylation is 4. The minimum absolute atomic E-state index is 0.819. The maximum atomic E-state index is 5.00. The van der Waals surface area contributed by atoms with Gasteiger partial charge in [-0.05, 0) is 74.6 Å². The van der Waals surface area contributed by atoms with Crippen LogP contribution in [0.25, 0.3) is 0 Å². The van der Waals surface area contributed by atoms with E-state index in [4.69, 9.17) is 4.98 Å². The molecular formula is C43H65N5+2. The van der Waals surface area contributed by atoms with Crippen molar-refractivity contribution in [1.82, 2.24) is 14.1 Å². The van der Waals surface area contributed by atoms with Gasteiger partial charge in [-0.15, -0.1) is 0 Å². The van der Waals surface area contributed by atoms with E-state index in [1.165, 1.54) is 141 Å². The zero-order chi connectivity index (χ0) is 32.9. The van der Waals surface area contributed by atoms with E-state index in [1.807, 2.05) is 0 Å². The molecule has 0 saturated heterocycles. The second-order valence-electron chi connectivity index (χ2n) is 14.7. The SMILES string of the molecule is c1cc2cc(c1)CCCCCCCCCCCCn1cc[n+](c1)Cc1cccc(n1)C[n+]1ccn(c1)CCCCCCCCCCCC2. The van der Waals surface area contributed by atoms with Crippen molar-refractivity contribution in [1.29, 1.82) is 0 Å². The van der Waals surface area contributed by atoms with E-state index < -0.39 is 0 Å². The van der Waals surface area contributed by atoms with Crippen molar-refractivity contribution in [2.75, 3.05) is 0 Å².